The van der Waals surface area contributed by atoms with Crippen molar-refractivity contribution in [3.8, 4) is 0 Å². The second-order valence-corrected chi connectivity index (χ2v) is 7.14. The lowest BCUT2D eigenvalue weighted by molar-refractivity contribution is 0.256. The van der Waals surface area contributed by atoms with E-state index < -0.39 is 10.0 Å². The Morgan fingerprint density at radius 2 is 1.90 bits per heavy atom. The number of benzene rings is 1. The molecule has 1 aromatic rings. The Bertz CT molecular complexity index is 568. The molecule has 0 bridgehead atoms. The van der Waals surface area contributed by atoms with Crippen LogP contribution in [0, 0.1) is 19.8 Å². The number of nitrogens with two attached hydrogens (primary N) is 1. The van der Waals surface area contributed by atoms with Crippen LogP contribution >= 0.6 is 0 Å². The number of anilines is 1. The van der Waals surface area contributed by atoms with E-state index in [0.717, 1.165) is 5.56 Å². The molecule has 0 aliphatic heterocycles. The molecule has 0 saturated carbocycles. The van der Waals surface area contributed by atoms with Crippen molar-refractivity contribution >= 4 is 15.7 Å². The van der Waals surface area contributed by atoms with Crippen molar-refractivity contribution in [2.75, 3.05) is 12.3 Å². The predicted molar refractivity (Wildman–Crippen MR) is 81.0 cm³/mol. The summed E-state index contributed by atoms with van der Waals surface area (Å²) in [5.74, 6) is 0.0967. The lowest BCUT2D eigenvalue weighted by Gasteiger charge is -2.22. The first-order chi connectivity index (χ1) is 9.19. The Labute approximate surface area is 121 Å². The zero-order valence-corrected chi connectivity index (χ0v) is 13.3. The minimum absolute atomic E-state index is 0.0553. The molecule has 0 spiro atoms. The van der Waals surface area contributed by atoms with Gasteiger partial charge in [-0.15, -0.1) is 0 Å². The molecule has 0 saturated heterocycles. The Kier molecular flexibility index (Phi) is 5.56. The van der Waals surface area contributed by atoms with Gasteiger partial charge in [0.25, 0.3) is 0 Å². The third-order valence-corrected chi connectivity index (χ3v) is 5.00. The molecule has 114 valence electrons. The number of hydrogen-bond donors (Lipinski definition) is 3. The van der Waals surface area contributed by atoms with Crippen molar-refractivity contribution < 1.29 is 13.5 Å². The monoisotopic (exact) mass is 300 g/mol. The zero-order chi connectivity index (χ0) is 15.5. The van der Waals surface area contributed by atoms with E-state index in [2.05, 4.69) is 4.72 Å². The van der Waals surface area contributed by atoms with E-state index in [1.807, 2.05) is 20.8 Å². The fraction of sp³-hybridized carbons (Fsp3) is 0.571. The van der Waals surface area contributed by atoms with Crippen molar-refractivity contribution in [3.05, 3.63) is 23.3 Å². The summed E-state index contributed by atoms with van der Waals surface area (Å²) in [7, 11) is -3.64. The van der Waals surface area contributed by atoms with Gasteiger partial charge in [0.1, 0.15) is 0 Å². The largest absolute Gasteiger partial charge is 0.398 e. The first-order valence-electron chi connectivity index (χ1n) is 6.69. The maximum Gasteiger partial charge on any atom is 0.241 e. The van der Waals surface area contributed by atoms with Crippen molar-refractivity contribution in [1.29, 1.82) is 0 Å². The van der Waals surface area contributed by atoms with Crippen LogP contribution in [0.1, 0.15) is 31.4 Å². The highest BCUT2D eigenvalue weighted by atomic mass is 32.2. The molecule has 0 fully saturated rings. The second kappa shape index (κ2) is 6.56. The lowest BCUT2D eigenvalue weighted by Crippen LogP contribution is -2.39. The van der Waals surface area contributed by atoms with Gasteiger partial charge in [-0.3, -0.25) is 0 Å². The smallest absolute Gasteiger partial charge is 0.241 e. The van der Waals surface area contributed by atoms with E-state index in [0.29, 0.717) is 17.7 Å². The minimum atomic E-state index is -3.64. The molecule has 4 N–H and O–H groups in total. The first kappa shape index (κ1) is 16.9. The van der Waals surface area contributed by atoms with Crippen molar-refractivity contribution in [2.24, 2.45) is 5.92 Å². The highest BCUT2D eigenvalue weighted by molar-refractivity contribution is 7.89. The first-order valence-corrected chi connectivity index (χ1v) is 8.17. The Morgan fingerprint density at radius 3 is 2.40 bits per heavy atom. The van der Waals surface area contributed by atoms with Gasteiger partial charge in [0.05, 0.1) is 4.90 Å². The van der Waals surface area contributed by atoms with Crippen LogP contribution in [0.4, 0.5) is 5.69 Å². The summed E-state index contributed by atoms with van der Waals surface area (Å²) in [6, 6.07) is 3.07. The summed E-state index contributed by atoms with van der Waals surface area (Å²) in [5, 5.41) is 9.04. The average molecular weight is 300 g/mol. The van der Waals surface area contributed by atoms with E-state index in [4.69, 9.17) is 10.8 Å². The normalized spacial score (nSPS) is 13.7. The molecule has 0 aliphatic carbocycles. The van der Waals surface area contributed by atoms with Crippen molar-refractivity contribution in [3.63, 3.8) is 0 Å². The lowest BCUT2D eigenvalue weighted by atomic mass is 10.0. The van der Waals surface area contributed by atoms with Crippen LogP contribution in [-0.4, -0.2) is 26.2 Å². The third kappa shape index (κ3) is 3.94. The van der Waals surface area contributed by atoms with Gasteiger partial charge in [-0.25, -0.2) is 13.1 Å². The van der Waals surface area contributed by atoms with E-state index >= 15 is 0 Å². The van der Waals surface area contributed by atoms with Gasteiger partial charge in [-0.1, -0.05) is 13.8 Å². The molecule has 1 atom stereocenters. The quantitative estimate of drug-likeness (QED) is 0.695. The molecule has 1 rings (SSSR count). The van der Waals surface area contributed by atoms with Crippen LogP contribution in [0.15, 0.2) is 17.0 Å². The molecule has 6 heteroatoms. The minimum Gasteiger partial charge on any atom is -0.398 e. The van der Waals surface area contributed by atoms with Crippen LogP contribution < -0.4 is 10.5 Å². The number of nitrogens with one attached hydrogen (secondary N) is 1. The number of aryl methyl sites for hydroxylation is 1. The summed E-state index contributed by atoms with van der Waals surface area (Å²) in [4.78, 5) is 0.207. The van der Waals surface area contributed by atoms with Gasteiger partial charge in [0.2, 0.25) is 10.0 Å². The Hall–Kier alpha value is -1.11. The van der Waals surface area contributed by atoms with Crippen molar-refractivity contribution in [1.82, 2.24) is 4.72 Å². The standard InChI is InChI=1S/C14H24N2O3S/c1-9(2)13(5-6-17)16-20(18,19)14-8-10(3)7-12(15)11(14)4/h7-9,13,16-17H,5-6,15H2,1-4H3. The Morgan fingerprint density at radius 1 is 1.30 bits per heavy atom. The molecule has 0 radical (unpaired) electrons. The summed E-state index contributed by atoms with van der Waals surface area (Å²) < 4.78 is 27.7. The van der Waals surface area contributed by atoms with E-state index in [9.17, 15) is 8.42 Å². The maximum absolute atomic E-state index is 12.5. The molecule has 0 aromatic heterocycles. The highest BCUT2D eigenvalue weighted by Gasteiger charge is 2.24. The van der Waals surface area contributed by atoms with Crippen LogP contribution in [-0.2, 0) is 10.0 Å². The number of aliphatic hydroxyl groups is 1. The van der Waals surface area contributed by atoms with Gasteiger partial charge in [-0.05, 0) is 49.4 Å². The molecule has 1 aromatic carbocycles. The number of hydrogen-bond acceptors (Lipinski definition) is 4. The molecule has 0 heterocycles. The zero-order valence-electron chi connectivity index (χ0n) is 12.5. The van der Waals surface area contributed by atoms with Crippen LogP contribution in [0.25, 0.3) is 0 Å². The topological polar surface area (TPSA) is 92.4 Å². The fourth-order valence-electron chi connectivity index (χ4n) is 2.06. The van der Waals surface area contributed by atoms with Crippen molar-refractivity contribution in [2.45, 2.75) is 45.1 Å². The number of sulfonamides is 1. The molecule has 0 aliphatic rings. The van der Waals surface area contributed by atoms with Gasteiger partial charge in [0, 0.05) is 18.3 Å². The van der Waals surface area contributed by atoms with Crippen LogP contribution in [0.5, 0.6) is 0 Å². The Balaban J connectivity index is 3.17. The van der Waals surface area contributed by atoms with Gasteiger partial charge < -0.3 is 10.8 Å². The predicted octanol–water partition coefficient (Wildman–Crippen LogP) is 1.57. The molecular formula is C14H24N2O3S. The fourth-order valence-corrected chi connectivity index (χ4v) is 3.84. The summed E-state index contributed by atoms with van der Waals surface area (Å²) in [6.45, 7) is 7.28. The van der Waals surface area contributed by atoms with E-state index in [1.165, 1.54) is 0 Å². The number of rotatable bonds is 6. The summed E-state index contributed by atoms with van der Waals surface area (Å²) in [6.07, 6.45) is 0.386. The van der Waals surface area contributed by atoms with E-state index in [-0.39, 0.29) is 23.5 Å². The van der Waals surface area contributed by atoms with Crippen LogP contribution in [0.2, 0.25) is 0 Å². The van der Waals surface area contributed by atoms with Crippen LogP contribution in [0.3, 0.4) is 0 Å². The molecular weight excluding hydrogens is 276 g/mol. The average Bonchev–Trinajstić information content (AvgIpc) is 2.32. The summed E-state index contributed by atoms with van der Waals surface area (Å²) >= 11 is 0. The molecule has 1 unspecified atom stereocenters. The molecule has 0 amide bonds. The number of aliphatic hydroxyl groups excluding tert-OH is 1. The van der Waals surface area contributed by atoms with Gasteiger partial charge >= 0.3 is 0 Å². The SMILES string of the molecule is Cc1cc(N)c(C)c(S(=O)(=O)NC(CCO)C(C)C)c1. The number of nitrogen functional groups attached to an aromatic ring is 1. The second-order valence-electron chi connectivity index (χ2n) is 5.46. The molecule has 5 nitrogen and oxygen atoms in total. The van der Waals surface area contributed by atoms with Gasteiger partial charge in [0.15, 0.2) is 0 Å². The molecule has 20 heavy (non-hydrogen) atoms. The van der Waals surface area contributed by atoms with E-state index in [1.54, 1.807) is 19.1 Å². The third-order valence-electron chi connectivity index (χ3n) is 3.39. The highest BCUT2D eigenvalue weighted by Crippen LogP contribution is 2.24. The van der Waals surface area contributed by atoms with Gasteiger partial charge in [-0.2, -0.15) is 0 Å². The maximum atomic E-state index is 12.5. The summed E-state index contributed by atoms with van der Waals surface area (Å²) in [5.41, 5.74) is 7.65.